The molecule has 0 atom stereocenters. The van der Waals surface area contributed by atoms with E-state index in [-0.39, 0.29) is 23.2 Å². The monoisotopic (exact) mass is 250 g/mol. The summed E-state index contributed by atoms with van der Waals surface area (Å²) < 4.78 is 13.2. The van der Waals surface area contributed by atoms with Crippen LogP contribution in [0.15, 0.2) is 18.2 Å². The molecule has 2 nitrogen and oxygen atoms in total. The van der Waals surface area contributed by atoms with E-state index in [2.05, 4.69) is 10.2 Å². The van der Waals surface area contributed by atoms with Crippen LogP contribution in [0.1, 0.15) is 0 Å². The normalized spacial score (nSPS) is 16.0. The van der Waals surface area contributed by atoms with Crippen molar-refractivity contribution in [3.05, 3.63) is 29.0 Å². The molecule has 1 aliphatic heterocycles. The van der Waals surface area contributed by atoms with E-state index in [9.17, 15) is 4.39 Å². The minimum atomic E-state index is -0.345. The van der Waals surface area contributed by atoms with E-state index in [1.807, 2.05) is 6.07 Å². The molecule has 0 unspecified atom stereocenters. The number of piperazine rings is 1. The number of hydrogen-bond acceptors (Lipinski definition) is 2. The molecule has 1 N–H and O–H groups in total. The summed E-state index contributed by atoms with van der Waals surface area (Å²) in [5.74, 6) is -0.345. The fourth-order valence-corrected chi connectivity index (χ4v) is 1.89. The molecule has 2 rings (SSSR count). The summed E-state index contributed by atoms with van der Waals surface area (Å²) in [5.41, 5.74) is 0.799. The highest BCUT2D eigenvalue weighted by molar-refractivity contribution is 6.33. The van der Waals surface area contributed by atoms with E-state index in [1.165, 1.54) is 6.07 Å². The topological polar surface area (TPSA) is 15.3 Å². The minimum absolute atomic E-state index is 0. The SMILES string of the molecule is Cl.Fc1cccc(N2CCNCC2)c1Cl. The summed E-state index contributed by atoms with van der Waals surface area (Å²) in [7, 11) is 0. The van der Waals surface area contributed by atoms with Crippen molar-refractivity contribution in [2.45, 2.75) is 0 Å². The molecule has 0 saturated carbocycles. The Morgan fingerprint density at radius 3 is 2.60 bits per heavy atom. The van der Waals surface area contributed by atoms with E-state index < -0.39 is 0 Å². The summed E-state index contributed by atoms with van der Waals surface area (Å²) in [5, 5.41) is 3.47. The van der Waals surface area contributed by atoms with Gasteiger partial charge in [-0.3, -0.25) is 0 Å². The highest BCUT2D eigenvalue weighted by Gasteiger charge is 2.14. The summed E-state index contributed by atoms with van der Waals surface area (Å²) in [6.07, 6.45) is 0. The lowest BCUT2D eigenvalue weighted by atomic mass is 10.2. The van der Waals surface area contributed by atoms with Crippen LogP contribution in [0.2, 0.25) is 5.02 Å². The van der Waals surface area contributed by atoms with Gasteiger partial charge in [0, 0.05) is 26.2 Å². The molecule has 5 heteroatoms. The largest absolute Gasteiger partial charge is 0.368 e. The van der Waals surface area contributed by atoms with Gasteiger partial charge in [0.15, 0.2) is 0 Å². The summed E-state index contributed by atoms with van der Waals surface area (Å²) in [4.78, 5) is 2.10. The number of halogens is 3. The maximum Gasteiger partial charge on any atom is 0.143 e. The minimum Gasteiger partial charge on any atom is -0.368 e. The smallest absolute Gasteiger partial charge is 0.143 e. The van der Waals surface area contributed by atoms with Gasteiger partial charge in [0.2, 0.25) is 0 Å². The zero-order valence-corrected chi connectivity index (χ0v) is 9.74. The van der Waals surface area contributed by atoms with Crippen LogP contribution in [0.4, 0.5) is 10.1 Å². The highest BCUT2D eigenvalue weighted by atomic mass is 35.5. The second-order valence-corrected chi connectivity index (χ2v) is 3.69. The Kier molecular flexibility index (Phi) is 4.64. The van der Waals surface area contributed by atoms with Crippen LogP contribution < -0.4 is 10.2 Å². The number of hydrogen-bond donors (Lipinski definition) is 1. The maximum absolute atomic E-state index is 13.2. The molecule has 1 saturated heterocycles. The first-order chi connectivity index (χ1) is 6.79. The Hall–Kier alpha value is -0.510. The lowest BCUT2D eigenvalue weighted by molar-refractivity contribution is 0.585. The predicted molar refractivity (Wildman–Crippen MR) is 63.7 cm³/mol. The van der Waals surface area contributed by atoms with Gasteiger partial charge in [-0.25, -0.2) is 4.39 Å². The lowest BCUT2D eigenvalue weighted by Gasteiger charge is -2.30. The van der Waals surface area contributed by atoms with Gasteiger partial charge in [0.25, 0.3) is 0 Å². The van der Waals surface area contributed by atoms with E-state index in [0.717, 1.165) is 31.9 Å². The summed E-state index contributed by atoms with van der Waals surface area (Å²) in [6.45, 7) is 3.60. The van der Waals surface area contributed by atoms with Crippen LogP contribution in [0, 0.1) is 5.82 Å². The fourth-order valence-electron chi connectivity index (χ4n) is 1.64. The van der Waals surface area contributed by atoms with Gasteiger partial charge in [-0.2, -0.15) is 0 Å². The molecule has 0 aromatic heterocycles. The molecule has 15 heavy (non-hydrogen) atoms. The standard InChI is InChI=1S/C10H12ClFN2.ClH/c11-10-8(12)2-1-3-9(10)14-6-4-13-5-7-14;/h1-3,13H,4-7H2;1H. The predicted octanol–water partition coefficient (Wildman–Crippen LogP) is 2.31. The molecule has 0 radical (unpaired) electrons. The van der Waals surface area contributed by atoms with Crippen molar-refractivity contribution < 1.29 is 4.39 Å². The number of nitrogens with zero attached hydrogens (tertiary/aromatic N) is 1. The molecule has 1 aliphatic rings. The van der Waals surface area contributed by atoms with E-state index in [1.54, 1.807) is 6.07 Å². The van der Waals surface area contributed by atoms with Gasteiger partial charge in [0.05, 0.1) is 10.7 Å². The van der Waals surface area contributed by atoms with Crippen molar-refractivity contribution in [2.75, 3.05) is 31.1 Å². The highest BCUT2D eigenvalue weighted by Crippen LogP contribution is 2.28. The third kappa shape index (κ3) is 2.74. The molecule has 1 aromatic carbocycles. The van der Waals surface area contributed by atoms with Crippen LogP contribution in [-0.2, 0) is 0 Å². The second kappa shape index (κ2) is 5.54. The quantitative estimate of drug-likeness (QED) is 0.823. The van der Waals surface area contributed by atoms with Crippen molar-refractivity contribution in [2.24, 2.45) is 0 Å². The average molecular weight is 251 g/mol. The van der Waals surface area contributed by atoms with Gasteiger partial charge < -0.3 is 10.2 Å². The maximum atomic E-state index is 13.2. The molecule has 1 aromatic rings. The fraction of sp³-hybridized carbons (Fsp3) is 0.400. The zero-order chi connectivity index (χ0) is 9.97. The molecular formula is C10H13Cl2FN2. The zero-order valence-electron chi connectivity index (χ0n) is 8.17. The first kappa shape index (κ1) is 12.6. The van der Waals surface area contributed by atoms with Crippen molar-refractivity contribution >= 4 is 29.7 Å². The number of benzene rings is 1. The van der Waals surface area contributed by atoms with Crippen LogP contribution in [-0.4, -0.2) is 26.2 Å². The first-order valence-electron chi connectivity index (χ1n) is 4.69. The molecule has 0 aliphatic carbocycles. The molecule has 1 fully saturated rings. The van der Waals surface area contributed by atoms with Gasteiger partial charge in [-0.05, 0) is 12.1 Å². The molecular weight excluding hydrogens is 238 g/mol. The van der Waals surface area contributed by atoms with Crippen molar-refractivity contribution in [3.63, 3.8) is 0 Å². The van der Waals surface area contributed by atoms with Crippen LogP contribution in [0.25, 0.3) is 0 Å². The Balaban J connectivity index is 0.00000112. The van der Waals surface area contributed by atoms with E-state index in [4.69, 9.17) is 11.6 Å². The van der Waals surface area contributed by atoms with E-state index in [0.29, 0.717) is 0 Å². The van der Waals surface area contributed by atoms with Crippen molar-refractivity contribution in [1.82, 2.24) is 5.32 Å². The molecule has 0 spiro atoms. The molecule has 0 bridgehead atoms. The molecule has 0 amide bonds. The van der Waals surface area contributed by atoms with Gasteiger partial charge in [0.1, 0.15) is 5.82 Å². The summed E-state index contributed by atoms with van der Waals surface area (Å²) >= 11 is 5.89. The van der Waals surface area contributed by atoms with Crippen molar-refractivity contribution in [1.29, 1.82) is 0 Å². The van der Waals surface area contributed by atoms with Gasteiger partial charge in [-0.1, -0.05) is 17.7 Å². The number of rotatable bonds is 1. The second-order valence-electron chi connectivity index (χ2n) is 3.31. The van der Waals surface area contributed by atoms with Crippen molar-refractivity contribution in [3.8, 4) is 0 Å². The first-order valence-corrected chi connectivity index (χ1v) is 5.06. The molecule has 84 valence electrons. The third-order valence-electron chi connectivity index (χ3n) is 2.39. The van der Waals surface area contributed by atoms with Crippen LogP contribution in [0.3, 0.4) is 0 Å². The third-order valence-corrected chi connectivity index (χ3v) is 2.76. The van der Waals surface area contributed by atoms with Crippen LogP contribution >= 0.6 is 24.0 Å². The van der Waals surface area contributed by atoms with E-state index >= 15 is 0 Å². The Morgan fingerprint density at radius 1 is 1.27 bits per heavy atom. The Morgan fingerprint density at radius 2 is 1.93 bits per heavy atom. The number of anilines is 1. The van der Waals surface area contributed by atoms with Crippen LogP contribution in [0.5, 0.6) is 0 Å². The molecule has 1 heterocycles. The average Bonchev–Trinajstić information content (AvgIpc) is 2.23. The van der Waals surface area contributed by atoms with Gasteiger partial charge in [-0.15, -0.1) is 12.4 Å². The Bertz CT molecular complexity index is 327. The summed E-state index contributed by atoms with van der Waals surface area (Å²) in [6, 6.07) is 4.93. The van der Waals surface area contributed by atoms with Gasteiger partial charge >= 0.3 is 0 Å². The Labute approximate surface area is 99.8 Å². The lowest BCUT2D eigenvalue weighted by Crippen LogP contribution is -2.43. The number of nitrogens with one attached hydrogen (secondary N) is 1.